The molecule has 2 unspecified atom stereocenters. The highest BCUT2D eigenvalue weighted by atomic mass is 19.4. The normalized spacial score (nSPS) is 23.7. The maximum Gasteiger partial charge on any atom is 0.416 e. The Morgan fingerprint density at radius 1 is 0.933 bits per heavy atom. The van der Waals surface area contributed by atoms with E-state index >= 15 is 0 Å². The Balaban J connectivity index is 1.55. The number of nitrogens with zero attached hydrogens (tertiary/aromatic N) is 2. The van der Waals surface area contributed by atoms with Crippen LogP contribution in [-0.2, 0) is 17.5 Å². The summed E-state index contributed by atoms with van der Waals surface area (Å²) in [7, 11) is 0. The topological polar surface area (TPSA) is 15.7 Å². The molecule has 2 aliphatic rings. The quantitative estimate of drug-likeness (QED) is 0.665. The van der Waals surface area contributed by atoms with E-state index in [9.17, 15) is 17.6 Å². The van der Waals surface area contributed by atoms with Gasteiger partial charge in [-0.2, -0.15) is 13.2 Å². The van der Waals surface area contributed by atoms with Gasteiger partial charge in [0.1, 0.15) is 5.82 Å². The maximum absolute atomic E-state index is 14.1. The number of rotatable bonds is 5. The number of benzene rings is 2. The first kappa shape index (κ1) is 21.3. The summed E-state index contributed by atoms with van der Waals surface area (Å²) in [6.07, 6.45) is -4.36. The highest BCUT2D eigenvalue weighted by Gasteiger charge is 2.37. The zero-order chi connectivity index (χ0) is 21.1. The lowest BCUT2D eigenvalue weighted by atomic mass is 9.87. The van der Waals surface area contributed by atoms with Gasteiger partial charge >= 0.3 is 6.18 Å². The SMILES string of the molecule is Fc1ccccc1CN1CC(CN2CCOCC2)C(c2cccc(C(F)(F)F)c2)C1. The third-order valence-electron chi connectivity index (χ3n) is 6.11. The fourth-order valence-corrected chi connectivity index (χ4v) is 4.58. The van der Waals surface area contributed by atoms with Gasteiger partial charge in [-0.25, -0.2) is 4.39 Å². The zero-order valence-corrected chi connectivity index (χ0v) is 16.7. The van der Waals surface area contributed by atoms with Crippen LogP contribution in [0, 0.1) is 11.7 Å². The number of ether oxygens (including phenoxy) is 1. The summed E-state index contributed by atoms with van der Waals surface area (Å²) in [5, 5.41) is 0. The molecular weight excluding hydrogens is 396 g/mol. The van der Waals surface area contributed by atoms with E-state index in [1.165, 1.54) is 18.2 Å². The van der Waals surface area contributed by atoms with Crippen LogP contribution in [-0.4, -0.2) is 55.7 Å². The van der Waals surface area contributed by atoms with Crippen molar-refractivity contribution in [2.75, 3.05) is 45.9 Å². The second-order valence-corrected chi connectivity index (χ2v) is 8.19. The molecule has 2 aromatic rings. The van der Waals surface area contributed by atoms with Gasteiger partial charge in [-0.3, -0.25) is 9.80 Å². The number of morpholine rings is 1. The third kappa shape index (κ3) is 5.02. The second kappa shape index (κ2) is 9.04. The standard InChI is InChI=1S/C23H26F4N2O/c24-22-7-2-1-4-18(22)13-29-15-19(14-28-8-10-30-11-9-28)21(16-29)17-5-3-6-20(12-17)23(25,26)27/h1-7,12,19,21H,8-11,13-16H2. The van der Waals surface area contributed by atoms with Gasteiger partial charge in [0.2, 0.25) is 0 Å². The lowest BCUT2D eigenvalue weighted by Crippen LogP contribution is -2.40. The fourth-order valence-electron chi connectivity index (χ4n) is 4.58. The Bertz CT molecular complexity index is 851. The van der Waals surface area contributed by atoms with Gasteiger partial charge in [0, 0.05) is 50.7 Å². The Labute approximate surface area is 174 Å². The van der Waals surface area contributed by atoms with Crippen LogP contribution >= 0.6 is 0 Å². The second-order valence-electron chi connectivity index (χ2n) is 8.19. The van der Waals surface area contributed by atoms with Crippen LogP contribution in [0.5, 0.6) is 0 Å². The van der Waals surface area contributed by atoms with Crippen molar-refractivity contribution in [1.82, 2.24) is 9.80 Å². The molecule has 3 nitrogen and oxygen atoms in total. The molecule has 2 fully saturated rings. The molecule has 2 saturated heterocycles. The predicted molar refractivity (Wildman–Crippen MR) is 107 cm³/mol. The molecule has 30 heavy (non-hydrogen) atoms. The highest BCUT2D eigenvalue weighted by Crippen LogP contribution is 2.37. The van der Waals surface area contributed by atoms with E-state index in [1.54, 1.807) is 18.2 Å². The molecule has 7 heteroatoms. The molecule has 4 rings (SSSR count). The summed E-state index contributed by atoms with van der Waals surface area (Å²) in [5.41, 5.74) is 0.712. The van der Waals surface area contributed by atoms with Crippen molar-refractivity contribution >= 4 is 0 Å². The molecule has 2 aromatic carbocycles. The maximum atomic E-state index is 14.1. The minimum absolute atomic E-state index is 0.0260. The third-order valence-corrected chi connectivity index (χ3v) is 6.11. The summed E-state index contributed by atoms with van der Waals surface area (Å²) < 4.78 is 59.3. The number of likely N-dealkylation sites (tertiary alicyclic amines) is 1. The first-order valence-corrected chi connectivity index (χ1v) is 10.3. The number of alkyl halides is 3. The first-order chi connectivity index (χ1) is 14.4. The smallest absolute Gasteiger partial charge is 0.379 e. The van der Waals surface area contributed by atoms with Crippen molar-refractivity contribution in [2.45, 2.75) is 18.6 Å². The van der Waals surface area contributed by atoms with Crippen LogP contribution in [0.25, 0.3) is 0 Å². The van der Waals surface area contributed by atoms with Crippen molar-refractivity contribution < 1.29 is 22.3 Å². The van der Waals surface area contributed by atoms with Crippen molar-refractivity contribution in [3.63, 3.8) is 0 Å². The van der Waals surface area contributed by atoms with Crippen molar-refractivity contribution in [1.29, 1.82) is 0 Å². The van der Waals surface area contributed by atoms with E-state index in [2.05, 4.69) is 9.80 Å². The highest BCUT2D eigenvalue weighted by molar-refractivity contribution is 5.30. The van der Waals surface area contributed by atoms with E-state index < -0.39 is 11.7 Å². The average Bonchev–Trinajstić information content (AvgIpc) is 3.12. The molecule has 0 radical (unpaired) electrons. The van der Waals surface area contributed by atoms with E-state index in [1.807, 2.05) is 6.07 Å². The molecule has 0 bridgehead atoms. The van der Waals surface area contributed by atoms with Crippen LogP contribution in [0.15, 0.2) is 48.5 Å². The number of hydrogen-bond acceptors (Lipinski definition) is 3. The lowest BCUT2D eigenvalue weighted by molar-refractivity contribution is -0.137. The van der Waals surface area contributed by atoms with E-state index in [-0.39, 0.29) is 17.7 Å². The van der Waals surface area contributed by atoms with E-state index in [0.29, 0.717) is 37.4 Å². The van der Waals surface area contributed by atoms with Gasteiger partial charge in [0.25, 0.3) is 0 Å². The average molecular weight is 422 g/mol. The molecule has 162 valence electrons. The van der Waals surface area contributed by atoms with Crippen molar-refractivity contribution in [3.05, 3.63) is 71.0 Å². The van der Waals surface area contributed by atoms with E-state index in [4.69, 9.17) is 4.74 Å². The molecule has 2 heterocycles. The fraction of sp³-hybridized carbons (Fsp3) is 0.478. The summed E-state index contributed by atoms with van der Waals surface area (Å²) in [5.74, 6) is -0.0926. The molecule has 0 saturated carbocycles. The van der Waals surface area contributed by atoms with Crippen LogP contribution in [0.3, 0.4) is 0 Å². The summed E-state index contributed by atoms with van der Waals surface area (Å²) in [6, 6.07) is 12.4. The van der Waals surface area contributed by atoms with Crippen molar-refractivity contribution in [3.8, 4) is 0 Å². The molecular formula is C23H26F4N2O. The van der Waals surface area contributed by atoms with Crippen molar-refractivity contribution in [2.24, 2.45) is 5.92 Å². The van der Waals surface area contributed by atoms with Gasteiger partial charge in [0.15, 0.2) is 0 Å². The summed E-state index contributed by atoms with van der Waals surface area (Å²) in [6.45, 7) is 5.63. The minimum Gasteiger partial charge on any atom is -0.379 e. The molecule has 0 N–H and O–H groups in total. The minimum atomic E-state index is -4.36. The first-order valence-electron chi connectivity index (χ1n) is 10.3. The van der Waals surface area contributed by atoms with Gasteiger partial charge in [-0.1, -0.05) is 36.4 Å². The van der Waals surface area contributed by atoms with Gasteiger partial charge in [-0.15, -0.1) is 0 Å². The Morgan fingerprint density at radius 3 is 2.43 bits per heavy atom. The van der Waals surface area contributed by atoms with Gasteiger partial charge in [-0.05, 0) is 23.6 Å². The molecule has 0 spiro atoms. The molecule has 0 amide bonds. The van der Waals surface area contributed by atoms with Crippen LogP contribution < -0.4 is 0 Å². The molecule has 2 atom stereocenters. The molecule has 2 aliphatic heterocycles. The molecule has 0 aromatic heterocycles. The zero-order valence-electron chi connectivity index (χ0n) is 16.7. The summed E-state index contributed by atoms with van der Waals surface area (Å²) >= 11 is 0. The summed E-state index contributed by atoms with van der Waals surface area (Å²) in [4.78, 5) is 4.48. The molecule has 0 aliphatic carbocycles. The largest absolute Gasteiger partial charge is 0.416 e. The van der Waals surface area contributed by atoms with Crippen LogP contribution in [0.1, 0.15) is 22.6 Å². The monoisotopic (exact) mass is 422 g/mol. The van der Waals surface area contributed by atoms with E-state index in [0.717, 1.165) is 32.2 Å². The Morgan fingerprint density at radius 2 is 1.70 bits per heavy atom. The predicted octanol–water partition coefficient (Wildman–Crippen LogP) is 4.39. The number of hydrogen-bond donors (Lipinski definition) is 0. The Kier molecular flexibility index (Phi) is 6.41. The van der Waals surface area contributed by atoms with Gasteiger partial charge < -0.3 is 4.74 Å². The number of halogens is 4. The van der Waals surface area contributed by atoms with Crippen LogP contribution in [0.4, 0.5) is 17.6 Å². The van der Waals surface area contributed by atoms with Crippen LogP contribution in [0.2, 0.25) is 0 Å². The lowest BCUT2D eigenvalue weighted by Gasteiger charge is -2.31. The Hall–Kier alpha value is -1.96. The van der Waals surface area contributed by atoms with Gasteiger partial charge in [0.05, 0.1) is 18.8 Å².